The van der Waals surface area contributed by atoms with Crippen molar-refractivity contribution in [1.82, 2.24) is 4.98 Å². The van der Waals surface area contributed by atoms with E-state index in [0.29, 0.717) is 0 Å². The van der Waals surface area contributed by atoms with Crippen molar-refractivity contribution in [2.24, 2.45) is 5.73 Å². The number of hydrogen-bond donors (Lipinski definition) is 1. The molecule has 104 valence electrons. The van der Waals surface area contributed by atoms with Crippen molar-refractivity contribution in [3.63, 3.8) is 0 Å². The Morgan fingerprint density at radius 2 is 2.20 bits per heavy atom. The van der Waals surface area contributed by atoms with Crippen LogP contribution < -0.4 is 5.73 Å². The first-order chi connectivity index (χ1) is 9.66. The molecule has 0 amide bonds. The van der Waals surface area contributed by atoms with Gasteiger partial charge in [-0.1, -0.05) is 33.6 Å². The Hall–Kier alpha value is -0.900. The number of aryl methyl sites for hydroxylation is 1. The second-order valence-electron chi connectivity index (χ2n) is 5.24. The summed E-state index contributed by atoms with van der Waals surface area (Å²) < 4.78 is 1.01. The molecule has 20 heavy (non-hydrogen) atoms. The van der Waals surface area contributed by atoms with Crippen LogP contribution in [0.3, 0.4) is 0 Å². The van der Waals surface area contributed by atoms with Crippen molar-refractivity contribution < 1.29 is 0 Å². The lowest BCUT2D eigenvalue weighted by molar-refractivity contribution is 0.462. The molecule has 0 radical (unpaired) electrons. The van der Waals surface area contributed by atoms with Crippen LogP contribution in [0.1, 0.15) is 41.6 Å². The number of hydrogen-bond acceptors (Lipinski definition) is 2. The molecule has 2 atom stereocenters. The minimum absolute atomic E-state index is 0.0861. The van der Waals surface area contributed by atoms with Gasteiger partial charge in [-0.05, 0) is 54.7 Å². The Morgan fingerprint density at radius 3 is 3.05 bits per heavy atom. The lowest BCUT2D eigenvalue weighted by atomic mass is 9.80. The molecule has 4 heteroatoms. The zero-order valence-electron chi connectivity index (χ0n) is 11.0. The Bertz CT molecular complexity index is 630. The quantitative estimate of drug-likeness (QED) is 0.857. The largest absolute Gasteiger partial charge is 0.323 e. The maximum Gasteiger partial charge on any atom is 0.0485 e. The molecular formula is C16H16BrClN2. The van der Waals surface area contributed by atoms with Crippen LogP contribution in [0.5, 0.6) is 0 Å². The minimum atomic E-state index is -0.0861. The number of aromatic nitrogens is 1. The number of halogens is 2. The number of pyridine rings is 1. The summed E-state index contributed by atoms with van der Waals surface area (Å²) in [5.74, 6) is 0.259. The Balaban J connectivity index is 1.99. The third kappa shape index (κ3) is 2.62. The van der Waals surface area contributed by atoms with Crippen LogP contribution in [0.4, 0.5) is 0 Å². The number of rotatable bonds is 2. The molecule has 0 aliphatic heterocycles. The van der Waals surface area contributed by atoms with Gasteiger partial charge in [-0.15, -0.1) is 0 Å². The van der Waals surface area contributed by atoms with E-state index < -0.39 is 0 Å². The van der Waals surface area contributed by atoms with Gasteiger partial charge >= 0.3 is 0 Å². The SMILES string of the molecule is NC(c1cc(Cl)ccc1Br)C1CCCc2cccnc21. The van der Waals surface area contributed by atoms with Gasteiger partial charge in [0.25, 0.3) is 0 Å². The first-order valence-electron chi connectivity index (χ1n) is 6.81. The molecular weight excluding hydrogens is 336 g/mol. The van der Waals surface area contributed by atoms with Gasteiger partial charge in [-0.3, -0.25) is 4.98 Å². The summed E-state index contributed by atoms with van der Waals surface area (Å²) in [6.45, 7) is 0. The Kier molecular flexibility index (Phi) is 4.11. The third-order valence-electron chi connectivity index (χ3n) is 3.99. The van der Waals surface area contributed by atoms with Crippen molar-refractivity contribution >= 4 is 27.5 Å². The van der Waals surface area contributed by atoms with Crippen molar-refractivity contribution in [3.8, 4) is 0 Å². The topological polar surface area (TPSA) is 38.9 Å². The van der Waals surface area contributed by atoms with Gasteiger partial charge in [0.1, 0.15) is 0 Å². The number of nitrogens with zero attached hydrogens (tertiary/aromatic N) is 1. The molecule has 1 aromatic heterocycles. The van der Waals surface area contributed by atoms with Crippen molar-refractivity contribution in [2.45, 2.75) is 31.2 Å². The van der Waals surface area contributed by atoms with E-state index >= 15 is 0 Å². The van der Waals surface area contributed by atoms with Crippen LogP contribution in [0.15, 0.2) is 41.0 Å². The monoisotopic (exact) mass is 350 g/mol. The molecule has 0 spiro atoms. The molecule has 1 heterocycles. The molecule has 1 aliphatic rings. The summed E-state index contributed by atoms with van der Waals surface area (Å²) >= 11 is 9.69. The molecule has 1 aliphatic carbocycles. The van der Waals surface area contributed by atoms with E-state index in [0.717, 1.165) is 40.0 Å². The number of benzene rings is 1. The minimum Gasteiger partial charge on any atom is -0.323 e. The van der Waals surface area contributed by atoms with Gasteiger partial charge in [-0.2, -0.15) is 0 Å². The zero-order chi connectivity index (χ0) is 14.1. The molecule has 2 aromatic rings. The highest BCUT2D eigenvalue weighted by atomic mass is 79.9. The zero-order valence-corrected chi connectivity index (χ0v) is 13.4. The summed E-state index contributed by atoms with van der Waals surface area (Å²) in [5, 5.41) is 0.718. The average Bonchev–Trinajstić information content (AvgIpc) is 2.48. The fourth-order valence-electron chi connectivity index (χ4n) is 2.98. The van der Waals surface area contributed by atoms with Crippen LogP contribution in [0, 0.1) is 0 Å². The van der Waals surface area contributed by atoms with E-state index in [2.05, 4.69) is 27.0 Å². The fraction of sp³-hybridized carbons (Fsp3) is 0.312. The second kappa shape index (κ2) is 5.84. The van der Waals surface area contributed by atoms with Gasteiger partial charge in [0, 0.05) is 33.3 Å². The smallest absolute Gasteiger partial charge is 0.0485 e. The highest BCUT2D eigenvalue weighted by Crippen LogP contribution is 2.40. The van der Waals surface area contributed by atoms with Crippen molar-refractivity contribution in [3.05, 3.63) is 62.8 Å². The first-order valence-corrected chi connectivity index (χ1v) is 7.98. The molecule has 3 rings (SSSR count). The van der Waals surface area contributed by atoms with Gasteiger partial charge in [0.05, 0.1) is 0 Å². The van der Waals surface area contributed by atoms with Gasteiger partial charge < -0.3 is 5.73 Å². The normalized spacial score (nSPS) is 19.4. The van der Waals surface area contributed by atoms with Crippen molar-refractivity contribution in [1.29, 1.82) is 0 Å². The van der Waals surface area contributed by atoms with E-state index in [-0.39, 0.29) is 12.0 Å². The summed E-state index contributed by atoms with van der Waals surface area (Å²) in [4.78, 5) is 4.57. The molecule has 0 saturated heterocycles. The average molecular weight is 352 g/mol. The number of nitrogens with two attached hydrogens (primary N) is 1. The van der Waals surface area contributed by atoms with E-state index in [4.69, 9.17) is 17.3 Å². The molecule has 1 aromatic carbocycles. The summed E-state index contributed by atoms with van der Waals surface area (Å²) in [5.41, 5.74) is 10.1. The molecule has 0 saturated carbocycles. The Morgan fingerprint density at radius 1 is 1.35 bits per heavy atom. The molecule has 2 nitrogen and oxygen atoms in total. The van der Waals surface area contributed by atoms with E-state index in [1.165, 1.54) is 5.56 Å². The predicted octanol–water partition coefficient (Wildman–Crippen LogP) is 4.62. The third-order valence-corrected chi connectivity index (χ3v) is 4.95. The van der Waals surface area contributed by atoms with Gasteiger partial charge in [-0.25, -0.2) is 0 Å². The summed E-state index contributed by atoms with van der Waals surface area (Å²) in [6, 6.07) is 9.86. The highest BCUT2D eigenvalue weighted by Gasteiger charge is 2.28. The van der Waals surface area contributed by atoms with E-state index in [1.807, 2.05) is 30.5 Å². The molecule has 0 bridgehead atoms. The standard InChI is InChI=1S/C16H16BrClN2/c17-14-7-6-11(18)9-13(14)15(19)12-5-1-3-10-4-2-8-20-16(10)12/h2,4,6-9,12,15H,1,3,5,19H2. The first kappa shape index (κ1) is 14.1. The number of fused-ring (bicyclic) bond motifs is 1. The lowest BCUT2D eigenvalue weighted by Crippen LogP contribution is -2.25. The maximum absolute atomic E-state index is 6.53. The second-order valence-corrected chi connectivity index (χ2v) is 6.53. The van der Waals surface area contributed by atoms with Crippen LogP contribution in [-0.2, 0) is 6.42 Å². The summed E-state index contributed by atoms with van der Waals surface area (Å²) in [6.07, 6.45) is 5.19. The summed E-state index contributed by atoms with van der Waals surface area (Å²) in [7, 11) is 0. The molecule has 2 unspecified atom stereocenters. The fourth-order valence-corrected chi connectivity index (χ4v) is 3.67. The predicted molar refractivity (Wildman–Crippen MR) is 86.0 cm³/mol. The molecule has 0 fully saturated rings. The lowest BCUT2D eigenvalue weighted by Gasteiger charge is -2.30. The highest BCUT2D eigenvalue weighted by molar-refractivity contribution is 9.10. The van der Waals surface area contributed by atoms with Crippen LogP contribution >= 0.6 is 27.5 Å². The van der Waals surface area contributed by atoms with Gasteiger partial charge in [0.15, 0.2) is 0 Å². The van der Waals surface area contributed by atoms with Crippen molar-refractivity contribution in [2.75, 3.05) is 0 Å². The Labute approximate surface area is 132 Å². The van der Waals surface area contributed by atoms with E-state index in [9.17, 15) is 0 Å². The van der Waals surface area contributed by atoms with E-state index in [1.54, 1.807) is 0 Å². The van der Waals surface area contributed by atoms with Crippen LogP contribution in [-0.4, -0.2) is 4.98 Å². The van der Waals surface area contributed by atoms with Crippen LogP contribution in [0.25, 0.3) is 0 Å². The van der Waals surface area contributed by atoms with Gasteiger partial charge in [0.2, 0.25) is 0 Å². The van der Waals surface area contributed by atoms with Crippen LogP contribution in [0.2, 0.25) is 5.02 Å². The molecule has 2 N–H and O–H groups in total. The maximum atomic E-state index is 6.53.